The van der Waals surface area contributed by atoms with Crippen molar-refractivity contribution in [2.45, 2.75) is 19.9 Å². The third-order valence-electron chi connectivity index (χ3n) is 4.94. The number of carbonyl (C=O) groups excluding carboxylic acids is 2. The van der Waals surface area contributed by atoms with Crippen LogP contribution in [0.2, 0.25) is 0 Å². The number of benzene rings is 2. The molecule has 0 radical (unpaired) electrons. The minimum atomic E-state index is -0.499. The maximum Gasteiger partial charge on any atom is 0.256 e. The highest BCUT2D eigenvalue weighted by molar-refractivity contribution is 5.96. The number of carbonyl (C=O) groups is 2. The molecule has 0 aliphatic carbocycles. The standard InChI is InChI=1S/C22H26FN3O2/c1-17(2)26(18-8-4-3-5-9-18)21(27)16-24-12-14-25(15-13-24)22(28)19-10-6-7-11-20(19)23/h3-11,17H,12-16H2,1-2H3. The first-order valence-corrected chi connectivity index (χ1v) is 9.60. The summed E-state index contributed by atoms with van der Waals surface area (Å²) < 4.78 is 13.9. The summed E-state index contributed by atoms with van der Waals surface area (Å²) in [6.45, 7) is 6.43. The van der Waals surface area contributed by atoms with Gasteiger partial charge in [0.25, 0.3) is 5.91 Å². The van der Waals surface area contributed by atoms with Crippen LogP contribution in [0.4, 0.5) is 10.1 Å². The smallest absolute Gasteiger partial charge is 0.256 e. The highest BCUT2D eigenvalue weighted by atomic mass is 19.1. The molecule has 0 saturated carbocycles. The van der Waals surface area contributed by atoms with Gasteiger partial charge < -0.3 is 9.80 Å². The van der Waals surface area contributed by atoms with Crippen LogP contribution in [-0.4, -0.2) is 60.4 Å². The number of hydrogen-bond acceptors (Lipinski definition) is 3. The molecule has 1 saturated heterocycles. The van der Waals surface area contributed by atoms with Crippen molar-refractivity contribution in [1.82, 2.24) is 9.80 Å². The minimum Gasteiger partial charge on any atom is -0.336 e. The molecule has 28 heavy (non-hydrogen) atoms. The van der Waals surface area contributed by atoms with E-state index in [1.54, 1.807) is 21.9 Å². The summed E-state index contributed by atoms with van der Waals surface area (Å²) >= 11 is 0. The van der Waals surface area contributed by atoms with E-state index in [-0.39, 0.29) is 23.4 Å². The van der Waals surface area contributed by atoms with Crippen molar-refractivity contribution >= 4 is 17.5 Å². The Hall–Kier alpha value is -2.73. The van der Waals surface area contributed by atoms with Gasteiger partial charge >= 0.3 is 0 Å². The highest BCUT2D eigenvalue weighted by Crippen LogP contribution is 2.18. The second-order valence-electron chi connectivity index (χ2n) is 7.24. The van der Waals surface area contributed by atoms with E-state index in [9.17, 15) is 14.0 Å². The summed E-state index contributed by atoms with van der Waals surface area (Å²) in [7, 11) is 0. The number of hydrogen-bond donors (Lipinski definition) is 0. The van der Waals surface area contributed by atoms with E-state index in [1.165, 1.54) is 12.1 Å². The average molecular weight is 383 g/mol. The first-order valence-electron chi connectivity index (χ1n) is 9.60. The number of anilines is 1. The molecule has 2 amide bonds. The van der Waals surface area contributed by atoms with Gasteiger partial charge in [-0.2, -0.15) is 0 Å². The molecule has 0 unspecified atom stereocenters. The molecule has 0 aromatic heterocycles. The van der Waals surface area contributed by atoms with Crippen molar-refractivity contribution in [2.24, 2.45) is 0 Å². The van der Waals surface area contributed by atoms with Gasteiger partial charge in [0.1, 0.15) is 5.82 Å². The molecule has 1 heterocycles. The molecule has 0 atom stereocenters. The van der Waals surface area contributed by atoms with Gasteiger partial charge in [0.2, 0.25) is 5.91 Å². The fraction of sp³-hybridized carbons (Fsp3) is 0.364. The summed E-state index contributed by atoms with van der Waals surface area (Å²) in [6, 6.07) is 15.7. The Morgan fingerprint density at radius 2 is 1.57 bits per heavy atom. The molecule has 1 fully saturated rings. The Morgan fingerprint density at radius 1 is 0.964 bits per heavy atom. The summed E-state index contributed by atoms with van der Waals surface area (Å²) in [5.41, 5.74) is 0.984. The summed E-state index contributed by atoms with van der Waals surface area (Å²) in [4.78, 5) is 30.9. The lowest BCUT2D eigenvalue weighted by Gasteiger charge is -2.36. The van der Waals surface area contributed by atoms with E-state index in [0.717, 1.165) is 5.69 Å². The molecular formula is C22H26FN3O2. The lowest BCUT2D eigenvalue weighted by Crippen LogP contribution is -2.52. The second-order valence-corrected chi connectivity index (χ2v) is 7.24. The number of para-hydroxylation sites is 1. The zero-order valence-corrected chi connectivity index (χ0v) is 16.3. The molecule has 1 aliphatic rings. The van der Waals surface area contributed by atoms with Gasteiger partial charge in [0, 0.05) is 37.9 Å². The van der Waals surface area contributed by atoms with E-state index >= 15 is 0 Å². The third kappa shape index (κ3) is 4.57. The molecule has 0 spiro atoms. The number of nitrogens with zero attached hydrogens (tertiary/aromatic N) is 3. The fourth-order valence-electron chi connectivity index (χ4n) is 3.50. The first-order chi connectivity index (χ1) is 13.5. The van der Waals surface area contributed by atoms with Crippen LogP contribution < -0.4 is 4.90 Å². The number of piperazine rings is 1. The Bertz CT molecular complexity index is 818. The topological polar surface area (TPSA) is 43.9 Å². The van der Waals surface area contributed by atoms with Gasteiger partial charge in [-0.1, -0.05) is 30.3 Å². The molecule has 1 aliphatic heterocycles. The summed E-state index contributed by atoms with van der Waals surface area (Å²) in [6.07, 6.45) is 0. The number of amides is 2. The normalized spacial score (nSPS) is 14.9. The quantitative estimate of drug-likeness (QED) is 0.797. The van der Waals surface area contributed by atoms with Crippen molar-refractivity contribution in [2.75, 3.05) is 37.6 Å². The Labute approximate surface area is 165 Å². The molecular weight excluding hydrogens is 357 g/mol. The predicted octanol–water partition coefficient (Wildman–Crippen LogP) is 3.03. The molecule has 2 aromatic rings. The maximum absolute atomic E-state index is 13.9. The predicted molar refractivity (Wildman–Crippen MR) is 108 cm³/mol. The molecule has 6 heteroatoms. The van der Waals surface area contributed by atoms with Gasteiger partial charge in [0.15, 0.2) is 0 Å². The zero-order valence-electron chi connectivity index (χ0n) is 16.3. The van der Waals surface area contributed by atoms with E-state index < -0.39 is 5.82 Å². The lowest BCUT2D eigenvalue weighted by molar-refractivity contribution is -0.120. The van der Waals surface area contributed by atoms with Crippen molar-refractivity contribution in [3.63, 3.8) is 0 Å². The Morgan fingerprint density at radius 3 is 2.18 bits per heavy atom. The van der Waals surface area contributed by atoms with Crippen LogP contribution in [0.3, 0.4) is 0 Å². The van der Waals surface area contributed by atoms with E-state index in [4.69, 9.17) is 0 Å². The van der Waals surface area contributed by atoms with Gasteiger partial charge in [-0.25, -0.2) is 4.39 Å². The molecule has 0 bridgehead atoms. The van der Waals surface area contributed by atoms with Gasteiger partial charge in [0.05, 0.1) is 12.1 Å². The maximum atomic E-state index is 13.9. The van der Waals surface area contributed by atoms with E-state index in [2.05, 4.69) is 0 Å². The molecule has 148 valence electrons. The van der Waals surface area contributed by atoms with Crippen LogP contribution in [0.15, 0.2) is 54.6 Å². The van der Waals surface area contributed by atoms with E-state index in [0.29, 0.717) is 32.7 Å². The van der Waals surface area contributed by atoms with Crippen LogP contribution in [0, 0.1) is 5.82 Å². The van der Waals surface area contributed by atoms with Crippen molar-refractivity contribution < 1.29 is 14.0 Å². The van der Waals surface area contributed by atoms with Crippen LogP contribution >= 0.6 is 0 Å². The van der Waals surface area contributed by atoms with Crippen LogP contribution in [0.5, 0.6) is 0 Å². The zero-order chi connectivity index (χ0) is 20.1. The summed E-state index contributed by atoms with van der Waals surface area (Å²) in [5.74, 6) is -0.757. The second kappa shape index (κ2) is 8.97. The van der Waals surface area contributed by atoms with Gasteiger partial charge in [-0.15, -0.1) is 0 Å². The molecule has 2 aromatic carbocycles. The van der Waals surface area contributed by atoms with Crippen LogP contribution in [0.25, 0.3) is 0 Å². The number of halogens is 1. The SMILES string of the molecule is CC(C)N(C(=O)CN1CCN(C(=O)c2ccccc2F)CC1)c1ccccc1. The van der Waals surface area contributed by atoms with E-state index in [1.807, 2.05) is 49.1 Å². The Kier molecular flexibility index (Phi) is 6.41. The summed E-state index contributed by atoms with van der Waals surface area (Å²) in [5, 5.41) is 0. The van der Waals surface area contributed by atoms with Crippen molar-refractivity contribution in [3.8, 4) is 0 Å². The van der Waals surface area contributed by atoms with Crippen molar-refractivity contribution in [3.05, 3.63) is 66.0 Å². The monoisotopic (exact) mass is 383 g/mol. The fourth-order valence-corrected chi connectivity index (χ4v) is 3.50. The highest BCUT2D eigenvalue weighted by Gasteiger charge is 2.27. The average Bonchev–Trinajstić information content (AvgIpc) is 2.69. The molecule has 3 rings (SSSR count). The molecule has 0 N–H and O–H groups in total. The number of rotatable bonds is 5. The lowest BCUT2D eigenvalue weighted by atomic mass is 10.1. The molecule has 5 nitrogen and oxygen atoms in total. The van der Waals surface area contributed by atoms with Gasteiger partial charge in [-0.3, -0.25) is 14.5 Å². The Balaban J connectivity index is 1.58. The van der Waals surface area contributed by atoms with Crippen molar-refractivity contribution in [1.29, 1.82) is 0 Å². The van der Waals surface area contributed by atoms with Gasteiger partial charge in [-0.05, 0) is 38.1 Å². The van der Waals surface area contributed by atoms with Crippen LogP contribution in [-0.2, 0) is 4.79 Å². The first kappa shape index (κ1) is 20.0. The van der Waals surface area contributed by atoms with Crippen LogP contribution in [0.1, 0.15) is 24.2 Å². The largest absolute Gasteiger partial charge is 0.336 e. The third-order valence-corrected chi connectivity index (χ3v) is 4.94. The minimum absolute atomic E-state index is 0.0371.